The standard InChI is InChI=1S/C21H18N2O4S/c24-12-13-5-6-16-17(7-13)28-18(23-16)11-22-20(27)21(10-19(25)26)8-14-3-1-2-4-15(14)9-21/h1-7,12H,8-11H2,(H,22,27)(H,25,26). The number of carboxylic acids is 1. The van der Waals surface area contributed by atoms with Crippen molar-refractivity contribution in [2.24, 2.45) is 5.41 Å². The highest BCUT2D eigenvalue weighted by Gasteiger charge is 2.45. The Morgan fingerprint density at radius 3 is 2.54 bits per heavy atom. The van der Waals surface area contributed by atoms with Crippen LogP contribution in [0.2, 0.25) is 0 Å². The minimum Gasteiger partial charge on any atom is -0.481 e. The van der Waals surface area contributed by atoms with E-state index in [4.69, 9.17) is 0 Å². The van der Waals surface area contributed by atoms with Crippen LogP contribution in [0.25, 0.3) is 10.2 Å². The SMILES string of the molecule is O=Cc1ccc2nc(CNC(=O)C3(CC(=O)O)Cc4ccccc4C3)sc2c1. The number of nitrogens with zero attached hydrogens (tertiary/aromatic N) is 1. The number of amides is 1. The second-order valence-electron chi connectivity index (χ2n) is 7.11. The summed E-state index contributed by atoms with van der Waals surface area (Å²) in [6.45, 7) is 0.228. The summed E-state index contributed by atoms with van der Waals surface area (Å²) in [5, 5.41) is 13.0. The van der Waals surface area contributed by atoms with Gasteiger partial charge in [-0.15, -0.1) is 11.3 Å². The number of hydrogen-bond acceptors (Lipinski definition) is 5. The first-order chi connectivity index (χ1) is 13.5. The number of aliphatic carboxylic acids is 1. The first-order valence-corrected chi connectivity index (χ1v) is 9.72. The van der Waals surface area contributed by atoms with Gasteiger partial charge in [0, 0.05) is 5.56 Å². The molecule has 0 radical (unpaired) electrons. The number of fused-ring (bicyclic) bond motifs is 2. The van der Waals surface area contributed by atoms with Crippen LogP contribution in [0.4, 0.5) is 0 Å². The lowest BCUT2D eigenvalue weighted by Crippen LogP contribution is -2.43. The number of aromatic nitrogens is 1. The van der Waals surface area contributed by atoms with E-state index in [1.165, 1.54) is 11.3 Å². The maximum Gasteiger partial charge on any atom is 0.304 e. The number of nitrogens with one attached hydrogen (secondary N) is 1. The summed E-state index contributed by atoms with van der Waals surface area (Å²) in [7, 11) is 0. The van der Waals surface area contributed by atoms with E-state index in [9.17, 15) is 19.5 Å². The summed E-state index contributed by atoms with van der Waals surface area (Å²) in [4.78, 5) is 39.9. The van der Waals surface area contributed by atoms with Crippen molar-refractivity contribution in [3.8, 4) is 0 Å². The molecule has 6 nitrogen and oxygen atoms in total. The average molecular weight is 394 g/mol. The molecular weight excluding hydrogens is 376 g/mol. The zero-order valence-electron chi connectivity index (χ0n) is 15.0. The van der Waals surface area contributed by atoms with Crippen molar-refractivity contribution in [2.75, 3.05) is 0 Å². The first-order valence-electron chi connectivity index (χ1n) is 8.91. The summed E-state index contributed by atoms with van der Waals surface area (Å²) in [5.41, 5.74) is 2.43. The fraction of sp³-hybridized carbons (Fsp3) is 0.238. The van der Waals surface area contributed by atoms with Crippen molar-refractivity contribution in [1.29, 1.82) is 0 Å². The third-order valence-corrected chi connectivity index (χ3v) is 6.16. The molecule has 3 aromatic rings. The summed E-state index contributed by atoms with van der Waals surface area (Å²) in [6.07, 6.45) is 1.41. The molecule has 0 saturated heterocycles. The highest BCUT2D eigenvalue weighted by molar-refractivity contribution is 7.18. The molecule has 1 aliphatic rings. The molecule has 0 unspecified atom stereocenters. The van der Waals surface area contributed by atoms with E-state index < -0.39 is 11.4 Å². The summed E-state index contributed by atoms with van der Waals surface area (Å²) in [6, 6.07) is 13.0. The Hall–Kier alpha value is -3.06. The number of hydrogen-bond donors (Lipinski definition) is 2. The number of rotatable bonds is 6. The minimum atomic E-state index is -0.982. The van der Waals surface area contributed by atoms with Gasteiger partial charge in [-0.2, -0.15) is 0 Å². The number of carboxylic acid groups (broad SMARTS) is 1. The highest BCUT2D eigenvalue weighted by atomic mass is 32.1. The van der Waals surface area contributed by atoms with Crippen molar-refractivity contribution in [3.05, 3.63) is 64.2 Å². The van der Waals surface area contributed by atoms with Gasteiger partial charge in [-0.25, -0.2) is 4.98 Å². The van der Waals surface area contributed by atoms with Gasteiger partial charge in [0.1, 0.15) is 11.3 Å². The zero-order valence-corrected chi connectivity index (χ0v) is 15.8. The number of aldehydes is 1. The molecule has 2 aromatic carbocycles. The van der Waals surface area contributed by atoms with E-state index in [0.29, 0.717) is 23.4 Å². The van der Waals surface area contributed by atoms with Gasteiger partial charge >= 0.3 is 5.97 Å². The van der Waals surface area contributed by atoms with Crippen LogP contribution in [0.3, 0.4) is 0 Å². The van der Waals surface area contributed by atoms with Crippen LogP contribution in [0, 0.1) is 5.41 Å². The van der Waals surface area contributed by atoms with Crippen LogP contribution in [-0.2, 0) is 29.0 Å². The van der Waals surface area contributed by atoms with E-state index in [0.717, 1.165) is 27.6 Å². The molecule has 4 rings (SSSR count). The average Bonchev–Trinajstić information content (AvgIpc) is 3.25. The molecule has 7 heteroatoms. The Labute approximate surface area is 165 Å². The van der Waals surface area contributed by atoms with Crippen molar-refractivity contribution >= 4 is 39.7 Å². The van der Waals surface area contributed by atoms with Crippen LogP contribution in [-0.4, -0.2) is 28.3 Å². The Morgan fingerprint density at radius 1 is 1.18 bits per heavy atom. The predicted octanol–water partition coefficient (Wildman–Crippen LogP) is 2.98. The van der Waals surface area contributed by atoms with Gasteiger partial charge in [-0.3, -0.25) is 14.4 Å². The molecule has 0 bridgehead atoms. The van der Waals surface area contributed by atoms with Gasteiger partial charge in [0.05, 0.1) is 28.6 Å². The molecule has 1 amide bonds. The third kappa shape index (κ3) is 3.41. The van der Waals surface area contributed by atoms with E-state index in [1.807, 2.05) is 24.3 Å². The molecule has 0 spiro atoms. The monoisotopic (exact) mass is 394 g/mol. The maximum absolute atomic E-state index is 13.0. The summed E-state index contributed by atoms with van der Waals surface area (Å²) in [5.74, 6) is -1.25. The molecule has 1 heterocycles. The first kappa shape index (κ1) is 18.3. The molecule has 0 atom stereocenters. The van der Waals surface area contributed by atoms with Gasteiger partial charge in [-0.05, 0) is 42.2 Å². The van der Waals surface area contributed by atoms with Crippen LogP contribution in [0.5, 0.6) is 0 Å². The van der Waals surface area contributed by atoms with Crippen molar-refractivity contribution < 1.29 is 19.5 Å². The van der Waals surface area contributed by atoms with Gasteiger partial charge in [0.2, 0.25) is 5.91 Å². The van der Waals surface area contributed by atoms with Gasteiger partial charge < -0.3 is 10.4 Å². The number of thiazole rings is 1. The second kappa shape index (κ2) is 7.16. The Morgan fingerprint density at radius 2 is 1.89 bits per heavy atom. The maximum atomic E-state index is 13.0. The van der Waals surface area contributed by atoms with Gasteiger partial charge in [0.15, 0.2) is 0 Å². The predicted molar refractivity (Wildman–Crippen MR) is 105 cm³/mol. The molecule has 0 fully saturated rings. The van der Waals surface area contributed by atoms with Crippen molar-refractivity contribution in [2.45, 2.75) is 25.8 Å². The van der Waals surface area contributed by atoms with Gasteiger partial charge in [-0.1, -0.05) is 24.3 Å². The molecule has 2 N–H and O–H groups in total. The lowest BCUT2D eigenvalue weighted by atomic mass is 9.80. The van der Waals surface area contributed by atoms with Crippen LogP contribution in [0.1, 0.15) is 32.9 Å². The Kier molecular flexibility index (Phi) is 4.68. The normalized spacial score (nSPS) is 14.6. The number of benzene rings is 2. The second-order valence-corrected chi connectivity index (χ2v) is 8.22. The third-order valence-electron chi connectivity index (χ3n) is 5.14. The molecule has 142 valence electrons. The van der Waals surface area contributed by atoms with E-state index >= 15 is 0 Å². The molecule has 1 aliphatic carbocycles. The smallest absolute Gasteiger partial charge is 0.304 e. The van der Waals surface area contributed by atoms with Crippen molar-refractivity contribution in [1.82, 2.24) is 10.3 Å². The molecule has 0 saturated carbocycles. The van der Waals surface area contributed by atoms with E-state index in [2.05, 4.69) is 10.3 Å². The highest BCUT2D eigenvalue weighted by Crippen LogP contribution is 2.40. The lowest BCUT2D eigenvalue weighted by Gasteiger charge is -2.25. The zero-order chi connectivity index (χ0) is 19.7. The topological polar surface area (TPSA) is 96.4 Å². The molecule has 0 aliphatic heterocycles. The Balaban J connectivity index is 1.52. The fourth-order valence-electron chi connectivity index (χ4n) is 3.83. The van der Waals surface area contributed by atoms with Crippen LogP contribution in [0.15, 0.2) is 42.5 Å². The van der Waals surface area contributed by atoms with Gasteiger partial charge in [0.25, 0.3) is 0 Å². The van der Waals surface area contributed by atoms with E-state index in [-0.39, 0.29) is 18.9 Å². The summed E-state index contributed by atoms with van der Waals surface area (Å²) < 4.78 is 0.877. The summed E-state index contributed by atoms with van der Waals surface area (Å²) >= 11 is 1.41. The molecule has 28 heavy (non-hydrogen) atoms. The lowest BCUT2D eigenvalue weighted by molar-refractivity contribution is -0.145. The quantitative estimate of drug-likeness (QED) is 0.627. The number of carbonyl (C=O) groups excluding carboxylic acids is 2. The number of carbonyl (C=O) groups is 3. The minimum absolute atomic E-state index is 0.212. The van der Waals surface area contributed by atoms with Crippen LogP contribution < -0.4 is 5.32 Å². The fourth-order valence-corrected chi connectivity index (χ4v) is 4.79. The van der Waals surface area contributed by atoms with Crippen molar-refractivity contribution in [3.63, 3.8) is 0 Å². The van der Waals surface area contributed by atoms with Crippen LogP contribution >= 0.6 is 11.3 Å². The molecular formula is C21H18N2O4S. The molecule has 1 aromatic heterocycles. The largest absolute Gasteiger partial charge is 0.481 e. The Bertz CT molecular complexity index is 1060. The van der Waals surface area contributed by atoms with E-state index in [1.54, 1.807) is 18.2 Å².